The van der Waals surface area contributed by atoms with Crippen molar-refractivity contribution < 1.29 is 9.18 Å². The van der Waals surface area contributed by atoms with Crippen LogP contribution in [-0.4, -0.2) is 30.2 Å². The fourth-order valence-electron chi connectivity index (χ4n) is 1.84. The number of H-pyrrole nitrogens is 1. The van der Waals surface area contributed by atoms with Gasteiger partial charge in [-0.15, -0.1) is 0 Å². The molecule has 1 rings (SSSR count). The van der Waals surface area contributed by atoms with Gasteiger partial charge in [-0.3, -0.25) is 9.78 Å². The Labute approximate surface area is 123 Å². The largest absolute Gasteiger partial charge is 0.337 e. The van der Waals surface area contributed by atoms with Gasteiger partial charge in [0.1, 0.15) is 0 Å². The molecule has 0 aromatic carbocycles. The Morgan fingerprint density at radius 1 is 1.29 bits per heavy atom. The summed E-state index contributed by atoms with van der Waals surface area (Å²) in [4.78, 5) is 35.6. The topological polar surface area (TPSA) is 84.0 Å². The molecular formula is C13H22FN3O3Si. The maximum atomic E-state index is 13.0. The molecule has 0 saturated heterocycles. The first-order chi connectivity index (χ1) is 9.70. The molecule has 0 spiro atoms. The second kappa shape index (κ2) is 7.35. The van der Waals surface area contributed by atoms with Crippen LogP contribution in [0, 0.1) is 5.82 Å². The molecule has 0 atom stereocenters. The molecule has 6 nitrogen and oxygen atoms in total. The average molecular weight is 315 g/mol. The van der Waals surface area contributed by atoms with Crippen LogP contribution in [0.2, 0.25) is 25.7 Å². The van der Waals surface area contributed by atoms with E-state index in [-0.39, 0.29) is 0 Å². The number of carbonyl (C=O) groups excluding carboxylic acids is 1. The molecule has 1 aromatic heterocycles. The molecule has 0 saturated carbocycles. The Hall–Kier alpha value is -1.70. The molecule has 0 aliphatic carbocycles. The van der Waals surface area contributed by atoms with Crippen LogP contribution < -0.4 is 16.6 Å². The van der Waals surface area contributed by atoms with Crippen molar-refractivity contribution in [2.45, 2.75) is 44.9 Å². The van der Waals surface area contributed by atoms with Crippen LogP contribution in [0.3, 0.4) is 0 Å². The van der Waals surface area contributed by atoms with Crippen molar-refractivity contribution in [3.8, 4) is 0 Å². The van der Waals surface area contributed by atoms with E-state index in [1.807, 2.05) is 0 Å². The number of aromatic amines is 1. The lowest BCUT2D eigenvalue weighted by Crippen LogP contribution is -2.40. The van der Waals surface area contributed by atoms with E-state index in [4.69, 9.17) is 0 Å². The summed E-state index contributed by atoms with van der Waals surface area (Å²) in [6.45, 7) is 7.35. The van der Waals surface area contributed by atoms with E-state index >= 15 is 0 Å². The number of halogens is 1. The average Bonchev–Trinajstić information content (AvgIpc) is 2.36. The van der Waals surface area contributed by atoms with Gasteiger partial charge in [0.05, 0.1) is 6.20 Å². The predicted molar refractivity (Wildman–Crippen MR) is 82.1 cm³/mol. The third-order valence-corrected chi connectivity index (χ3v) is 4.85. The molecule has 21 heavy (non-hydrogen) atoms. The normalized spacial score (nSPS) is 11.4. The molecule has 0 radical (unpaired) electrons. The third-order valence-electron chi connectivity index (χ3n) is 3.00. The molecule has 1 aromatic rings. The van der Waals surface area contributed by atoms with Crippen LogP contribution >= 0.6 is 0 Å². The summed E-state index contributed by atoms with van der Waals surface area (Å²) in [5.74, 6) is -1.17. The minimum Gasteiger partial charge on any atom is -0.337 e. The Bertz CT molecular complexity index is 604. The van der Waals surface area contributed by atoms with E-state index in [9.17, 15) is 18.8 Å². The van der Waals surface area contributed by atoms with Crippen molar-refractivity contribution in [1.82, 2.24) is 14.9 Å². The molecular weight excluding hydrogens is 293 g/mol. The van der Waals surface area contributed by atoms with Crippen molar-refractivity contribution in [3.05, 3.63) is 32.9 Å². The van der Waals surface area contributed by atoms with Crippen LogP contribution in [0.4, 0.5) is 9.18 Å². The van der Waals surface area contributed by atoms with Gasteiger partial charge in [0, 0.05) is 14.6 Å². The minimum atomic E-state index is -1.17. The number of rotatable bonds is 6. The zero-order valence-corrected chi connectivity index (χ0v) is 13.7. The van der Waals surface area contributed by atoms with E-state index in [1.54, 1.807) is 4.98 Å². The summed E-state index contributed by atoms with van der Waals surface area (Å²) >= 11 is 0. The Morgan fingerprint density at radius 2 is 1.95 bits per heavy atom. The first-order valence-electron chi connectivity index (χ1n) is 7.00. The highest BCUT2D eigenvalue weighted by Gasteiger charge is 2.12. The highest BCUT2D eigenvalue weighted by Crippen LogP contribution is 2.13. The second-order valence-corrected chi connectivity index (χ2v) is 11.8. The number of amides is 1. The highest BCUT2D eigenvalue weighted by atomic mass is 28.3. The van der Waals surface area contributed by atoms with Crippen LogP contribution in [0.5, 0.6) is 0 Å². The molecule has 2 N–H and O–H groups in total. The van der Waals surface area contributed by atoms with E-state index in [0.29, 0.717) is 17.3 Å². The van der Waals surface area contributed by atoms with E-state index in [2.05, 4.69) is 25.0 Å². The maximum absolute atomic E-state index is 13.0. The van der Waals surface area contributed by atoms with E-state index in [0.717, 1.165) is 19.3 Å². The van der Waals surface area contributed by atoms with Crippen molar-refractivity contribution in [3.63, 3.8) is 0 Å². The van der Waals surface area contributed by atoms with Crippen molar-refractivity contribution >= 4 is 14.1 Å². The van der Waals surface area contributed by atoms with Gasteiger partial charge in [-0.1, -0.05) is 38.5 Å². The smallest absolute Gasteiger partial charge is 0.336 e. The fraction of sp³-hybridized carbons (Fsp3) is 0.615. The fourth-order valence-corrected chi connectivity index (χ4v) is 3.15. The molecule has 1 amide bonds. The lowest BCUT2D eigenvalue weighted by Gasteiger charge is -2.15. The Balaban J connectivity index is 2.40. The molecule has 1 heterocycles. The van der Waals surface area contributed by atoms with Crippen LogP contribution in [0.1, 0.15) is 19.3 Å². The zero-order valence-electron chi connectivity index (χ0n) is 12.7. The SMILES string of the molecule is C[Si](C)(C)CCCCCNC(=O)n1cc(F)c(=O)[nH]c1=O. The molecule has 0 unspecified atom stereocenters. The molecule has 118 valence electrons. The number of carbonyl (C=O) groups is 1. The third kappa shape index (κ3) is 6.07. The predicted octanol–water partition coefficient (Wildman–Crippen LogP) is 1.74. The molecule has 0 aliphatic rings. The summed E-state index contributed by atoms with van der Waals surface area (Å²) in [6.07, 6.45) is 3.52. The first kappa shape index (κ1) is 17.3. The standard InChI is InChI=1S/C13H22FN3O3Si/c1-21(2,3)8-6-4-5-7-15-12(19)17-9-10(14)11(18)16-13(17)20/h9H,4-8H2,1-3H3,(H,15,19)(H,16,18,20). The van der Waals surface area contributed by atoms with Gasteiger partial charge in [0.25, 0.3) is 5.56 Å². The summed E-state index contributed by atoms with van der Waals surface area (Å²) in [5, 5.41) is 2.53. The number of unbranched alkanes of at least 4 members (excludes halogenated alkanes) is 2. The van der Waals surface area contributed by atoms with Gasteiger partial charge in [-0.05, 0) is 6.42 Å². The monoisotopic (exact) mass is 315 g/mol. The lowest BCUT2D eigenvalue weighted by molar-refractivity contribution is 0.240. The van der Waals surface area contributed by atoms with Gasteiger partial charge >= 0.3 is 11.7 Å². The van der Waals surface area contributed by atoms with Gasteiger partial charge < -0.3 is 5.32 Å². The summed E-state index contributed by atoms with van der Waals surface area (Å²) in [7, 11) is -1.02. The summed E-state index contributed by atoms with van der Waals surface area (Å²) in [5.41, 5.74) is -2.08. The quantitative estimate of drug-likeness (QED) is 0.619. The van der Waals surface area contributed by atoms with Crippen molar-refractivity contribution in [2.24, 2.45) is 0 Å². The van der Waals surface area contributed by atoms with E-state index in [1.165, 1.54) is 6.04 Å². The van der Waals surface area contributed by atoms with Gasteiger partial charge in [-0.2, -0.15) is 4.39 Å². The maximum Gasteiger partial charge on any atom is 0.336 e. The van der Waals surface area contributed by atoms with E-state index < -0.39 is 31.2 Å². The minimum absolute atomic E-state index is 0.414. The number of aromatic nitrogens is 2. The number of nitrogens with zero attached hydrogens (tertiary/aromatic N) is 1. The first-order valence-corrected chi connectivity index (χ1v) is 10.7. The van der Waals surface area contributed by atoms with Crippen LogP contribution in [-0.2, 0) is 0 Å². The lowest BCUT2D eigenvalue weighted by atomic mass is 10.2. The zero-order chi connectivity index (χ0) is 16.0. The Morgan fingerprint density at radius 3 is 2.57 bits per heavy atom. The summed E-state index contributed by atoms with van der Waals surface area (Å²) in [6, 6.07) is 0.506. The van der Waals surface area contributed by atoms with Gasteiger partial charge in [0.2, 0.25) is 5.82 Å². The molecule has 0 aliphatic heterocycles. The molecule has 8 heteroatoms. The number of nitrogens with one attached hydrogen (secondary N) is 2. The molecule has 0 bridgehead atoms. The van der Waals surface area contributed by atoms with Crippen molar-refractivity contribution in [2.75, 3.05) is 6.54 Å². The molecule has 0 fully saturated rings. The van der Waals surface area contributed by atoms with Crippen LogP contribution in [0.15, 0.2) is 15.8 Å². The van der Waals surface area contributed by atoms with Gasteiger partial charge in [-0.25, -0.2) is 14.2 Å². The Kier molecular flexibility index (Phi) is 6.07. The summed E-state index contributed by atoms with van der Waals surface area (Å²) < 4.78 is 13.6. The highest BCUT2D eigenvalue weighted by molar-refractivity contribution is 6.76. The van der Waals surface area contributed by atoms with Gasteiger partial charge in [0.15, 0.2) is 0 Å². The second-order valence-electron chi connectivity index (χ2n) is 6.21. The number of hydrogen-bond donors (Lipinski definition) is 2. The van der Waals surface area contributed by atoms with Crippen molar-refractivity contribution in [1.29, 1.82) is 0 Å². The number of hydrogen-bond acceptors (Lipinski definition) is 3. The van der Waals surface area contributed by atoms with Crippen LogP contribution in [0.25, 0.3) is 0 Å².